The Morgan fingerprint density at radius 3 is 2.84 bits per heavy atom. The van der Waals surface area contributed by atoms with Crippen LogP contribution in [0.25, 0.3) is 0 Å². The molecule has 1 atom stereocenters. The number of nitrogen functional groups attached to an aromatic ring is 1. The van der Waals surface area contributed by atoms with E-state index in [1.807, 2.05) is 0 Å². The number of rotatable bonds is 5. The van der Waals surface area contributed by atoms with Crippen LogP contribution in [0.1, 0.15) is 40.6 Å². The third-order valence-corrected chi connectivity index (χ3v) is 5.94. The fourth-order valence-electron chi connectivity index (χ4n) is 3.37. The summed E-state index contributed by atoms with van der Waals surface area (Å²) in [7, 11) is 3.16. The van der Waals surface area contributed by atoms with Gasteiger partial charge in [0.2, 0.25) is 0 Å². The Labute approximate surface area is 152 Å². The number of carbonyl (C=O) groups is 1. The van der Waals surface area contributed by atoms with Gasteiger partial charge in [0, 0.05) is 10.9 Å². The van der Waals surface area contributed by atoms with E-state index in [2.05, 4.69) is 12.2 Å². The molecule has 3 rings (SSSR count). The summed E-state index contributed by atoms with van der Waals surface area (Å²) in [6, 6.07) is 5.31. The minimum atomic E-state index is -0.184. The summed E-state index contributed by atoms with van der Waals surface area (Å²) in [4.78, 5) is 14.2. The molecule has 1 aliphatic rings. The van der Waals surface area contributed by atoms with Gasteiger partial charge < -0.3 is 20.5 Å². The van der Waals surface area contributed by atoms with Crippen molar-refractivity contribution in [1.82, 2.24) is 0 Å². The molecule has 1 aromatic heterocycles. The Morgan fingerprint density at radius 1 is 1.36 bits per heavy atom. The van der Waals surface area contributed by atoms with E-state index in [-0.39, 0.29) is 5.91 Å². The molecule has 0 saturated carbocycles. The van der Waals surface area contributed by atoms with E-state index in [1.54, 1.807) is 43.8 Å². The molecule has 0 fully saturated rings. The summed E-state index contributed by atoms with van der Waals surface area (Å²) in [6.45, 7) is 2.22. The lowest BCUT2D eigenvalue weighted by molar-refractivity contribution is 0.102. The molecule has 1 heterocycles. The van der Waals surface area contributed by atoms with Gasteiger partial charge in [0.15, 0.2) is 0 Å². The molecule has 25 heavy (non-hydrogen) atoms. The fraction of sp³-hybridized carbons (Fsp3) is 0.421. The standard InChI is InChI=1S/C19H24N2O3S/c1-4-11-5-7-13-16(9-11)25-18(20)17(13)19(22)21-14-10-12(23-2)6-8-15(14)24-3/h6,8,10-11H,4-5,7,9,20H2,1-3H3,(H,21,22)/t11-/m0/s1. The number of carbonyl (C=O) groups excluding carboxylic acids is 1. The number of fused-ring (bicyclic) bond motifs is 1. The second-order valence-electron chi connectivity index (χ2n) is 6.28. The molecule has 5 nitrogen and oxygen atoms in total. The monoisotopic (exact) mass is 360 g/mol. The zero-order chi connectivity index (χ0) is 18.0. The number of nitrogens with one attached hydrogen (secondary N) is 1. The lowest BCUT2D eigenvalue weighted by atomic mass is 9.85. The van der Waals surface area contributed by atoms with E-state index in [1.165, 1.54) is 11.3 Å². The molecule has 0 unspecified atom stereocenters. The first-order valence-electron chi connectivity index (χ1n) is 8.50. The minimum absolute atomic E-state index is 0.184. The van der Waals surface area contributed by atoms with Crippen LogP contribution in [-0.4, -0.2) is 20.1 Å². The van der Waals surface area contributed by atoms with E-state index in [0.717, 1.165) is 24.8 Å². The second kappa shape index (κ2) is 7.35. The molecule has 134 valence electrons. The van der Waals surface area contributed by atoms with Crippen LogP contribution >= 0.6 is 11.3 Å². The first-order chi connectivity index (χ1) is 12.1. The van der Waals surface area contributed by atoms with Gasteiger partial charge in [0.25, 0.3) is 5.91 Å². The Morgan fingerprint density at radius 2 is 2.16 bits per heavy atom. The third-order valence-electron chi connectivity index (χ3n) is 4.85. The highest BCUT2D eigenvalue weighted by Crippen LogP contribution is 2.39. The van der Waals surface area contributed by atoms with E-state index in [9.17, 15) is 4.79 Å². The molecule has 1 aliphatic carbocycles. The summed E-state index contributed by atoms with van der Waals surface area (Å²) >= 11 is 1.55. The smallest absolute Gasteiger partial charge is 0.259 e. The number of thiophene rings is 1. The van der Waals surface area contributed by atoms with Crippen molar-refractivity contribution in [2.24, 2.45) is 5.92 Å². The second-order valence-corrected chi connectivity index (χ2v) is 7.42. The number of hydrogen-bond acceptors (Lipinski definition) is 5. The largest absolute Gasteiger partial charge is 0.497 e. The highest BCUT2D eigenvalue weighted by atomic mass is 32.1. The van der Waals surface area contributed by atoms with Gasteiger partial charge in [-0.15, -0.1) is 11.3 Å². The maximum absolute atomic E-state index is 12.9. The number of anilines is 2. The van der Waals surface area contributed by atoms with Crippen molar-refractivity contribution in [3.63, 3.8) is 0 Å². The Kier molecular flexibility index (Phi) is 5.18. The number of ether oxygens (including phenoxy) is 2. The number of nitrogens with two attached hydrogens (primary N) is 1. The Bertz CT molecular complexity index is 785. The summed E-state index contributed by atoms with van der Waals surface area (Å²) in [5.41, 5.74) is 8.51. The van der Waals surface area contributed by atoms with Crippen LogP contribution in [0.3, 0.4) is 0 Å². The van der Waals surface area contributed by atoms with Crippen molar-refractivity contribution in [2.75, 3.05) is 25.3 Å². The van der Waals surface area contributed by atoms with Crippen molar-refractivity contribution < 1.29 is 14.3 Å². The van der Waals surface area contributed by atoms with Crippen LogP contribution in [0.2, 0.25) is 0 Å². The Hall–Kier alpha value is -2.21. The van der Waals surface area contributed by atoms with Crippen molar-refractivity contribution in [1.29, 1.82) is 0 Å². The van der Waals surface area contributed by atoms with Crippen molar-refractivity contribution in [3.8, 4) is 11.5 Å². The summed E-state index contributed by atoms with van der Waals surface area (Å²) < 4.78 is 10.6. The van der Waals surface area contributed by atoms with Gasteiger partial charge in [-0.25, -0.2) is 0 Å². The fourth-order valence-corrected chi connectivity index (χ4v) is 4.60. The van der Waals surface area contributed by atoms with E-state index in [0.29, 0.717) is 33.7 Å². The molecule has 0 aliphatic heterocycles. The Balaban J connectivity index is 1.89. The number of hydrogen-bond donors (Lipinski definition) is 2. The average molecular weight is 360 g/mol. The maximum Gasteiger partial charge on any atom is 0.259 e. The van der Waals surface area contributed by atoms with Gasteiger partial charge in [-0.3, -0.25) is 4.79 Å². The van der Waals surface area contributed by atoms with Gasteiger partial charge in [-0.05, 0) is 42.9 Å². The molecule has 0 spiro atoms. The predicted molar refractivity (Wildman–Crippen MR) is 102 cm³/mol. The highest BCUT2D eigenvalue weighted by molar-refractivity contribution is 7.16. The molecular weight excluding hydrogens is 336 g/mol. The van der Waals surface area contributed by atoms with E-state index >= 15 is 0 Å². The van der Waals surface area contributed by atoms with Gasteiger partial charge in [0.05, 0.1) is 30.5 Å². The SMILES string of the molecule is CC[C@H]1CCc2c(sc(N)c2C(=O)Nc2cc(OC)ccc2OC)C1. The maximum atomic E-state index is 12.9. The molecule has 0 radical (unpaired) electrons. The van der Waals surface area contributed by atoms with Crippen molar-refractivity contribution in [3.05, 3.63) is 34.2 Å². The lowest BCUT2D eigenvalue weighted by Crippen LogP contribution is -2.18. The molecular formula is C19H24N2O3S. The van der Waals surface area contributed by atoms with Crippen LogP contribution in [0.15, 0.2) is 18.2 Å². The van der Waals surface area contributed by atoms with Crippen LogP contribution in [0.4, 0.5) is 10.7 Å². The van der Waals surface area contributed by atoms with Crippen molar-refractivity contribution >= 4 is 27.9 Å². The normalized spacial score (nSPS) is 16.2. The van der Waals surface area contributed by atoms with Crippen molar-refractivity contribution in [2.45, 2.75) is 32.6 Å². The lowest BCUT2D eigenvalue weighted by Gasteiger charge is -2.21. The molecule has 3 N–H and O–H groups in total. The van der Waals surface area contributed by atoms with Crippen LogP contribution < -0.4 is 20.5 Å². The molecule has 0 bridgehead atoms. The van der Waals surface area contributed by atoms with Gasteiger partial charge >= 0.3 is 0 Å². The minimum Gasteiger partial charge on any atom is -0.497 e. The van der Waals surface area contributed by atoms with Crippen LogP contribution in [0.5, 0.6) is 11.5 Å². The molecule has 0 saturated heterocycles. The first kappa shape index (κ1) is 17.6. The first-order valence-corrected chi connectivity index (χ1v) is 9.32. The zero-order valence-electron chi connectivity index (χ0n) is 14.8. The third kappa shape index (κ3) is 3.44. The quantitative estimate of drug-likeness (QED) is 0.841. The van der Waals surface area contributed by atoms with Gasteiger partial charge in [-0.2, -0.15) is 0 Å². The summed E-state index contributed by atoms with van der Waals surface area (Å²) in [5, 5.41) is 3.54. The number of methoxy groups -OCH3 is 2. The molecule has 2 aromatic rings. The van der Waals surface area contributed by atoms with E-state index < -0.39 is 0 Å². The molecule has 6 heteroatoms. The summed E-state index contributed by atoms with van der Waals surface area (Å²) in [6.07, 6.45) is 4.22. The van der Waals surface area contributed by atoms with Gasteiger partial charge in [0.1, 0.15) is 11.5 Å². The van der Waals surface area contributed by atoms with Gasteiger partial charge in [-0.1, -0.05) is 13.3 Å². The molecule has 1 amide bonds. The van der Waals surface area contributed by atoms with Crippen LogP contribution in [0, 0.1) is 5.92 Å². The topological polar surface area (TPSA) is 73.6 Å². The number of amides is 1. The zero-order valence-corrected chi connectivity index (χ0v) is 15.7. The highest BCUT2D eigenvalue weighted by Gasteiger charge is 2.27. The molecule has 1 aromatic carbocycles. The average Bonchev–Trinajstić information content (AvgIpc) is 2.96. The van der Waals surface area contributed by atoms with E-state index in [4.69, 9.17) is 15.2 Å². The van der Waals surface area contributed by atoms with Crippen LogP contribution in [-0.2, 0) is 12.8 Å². The predicted octanol–water partition coefficient (Wildman–Crippen LogP) is 4.11. The summed E-state index contributed by atoms with van der Waals surface area (Å²) in [5.74, 6) is 1.75. The number of benzene rings is 1.